The Morgan fingerprint density at radius 2 is 1.09 bits per heavy atom. The predicted octanol–water partition coefficient (Wildman–Crippen LogP) is 12.8. The van der Waals surface area contributed by atoms with E-state index >= 15 is 0 Å². The lowest BCUT2D eigenvalue weighted by Crippen LogP contribution is -2.17. The van der Waals surface area contributed by atoms with Gasteiger partial charge in [-0.05, 0) is 81.8 Å². The van der Waals surface area contributed by atoms with Crippen molar-refractivity contribution < 1.29 is 0 Å². The third-order valence-electron chi connectivity index (χ3n) is 10.1. The molecular formula is C46H35N. The molecule has 7 aromatic rings. The molecule has 2 aliphatic rings. The monoisotopic (exact) mass is 601 g/mol. The van der Waals surface area contributed by atoms with E-state index in [0.29, 0.717) is 5.92 Å². The summed E-state index contributed by atoms with van der Waals surface area (Å²) < 4.78 is 0. The van der Waals surface area contributed by atoms with Crippen LogP contribution in [0.2, 0.25) is 0 Å². The van der Waals surface area contributed by atoms with E-state index in [-0.39, 0.29) is 0 Å². The number of nitrogens with zero attached hydrogens (tertiary/aromatic N) is 1. The number of allylic oxidation sites excluding steroid dienone is 4. The van der Waals surface area contributed by atoms with Crippen LogP contribution in [0.5, 0.6) is 0 Å². The Hall–Kier alpha value is -5.66. The van der Waals surface area contributed by atoms with Crippen LogP contribution in [0.3, 0.4) is 0 Å². The van der Waals surface area contributed by atoms with Gasteiger partial charge in [-0.3, -0.25) is 0 Å². The first-order valence-corrected chi connectivity index (χ1v) is 16.6. The van der Waals surface area contributed by atoms with Crippen LogP contribution in [0, 0.1) is 6.92 Å². The molecule has 1 nitrogen and oxygen atoms in total. The van der Waals surface area contributed by atoms with Crippen molar-refractivity contribution in [3.8, 4) is 33.4 Å². The summed E-state index contributed by atoms with van der Waals surface area (Å²) >= 11 is 0. The fourth-order valence-electron chi connectivity index (χ4n) is 8.05. The van der Waals surface area contributed by atoms with Crippen LogP contribution < -0.4 is 4.90 Å². The van der Waals surface area contributed by atoms with E-state index in [9.17, 15) is 0 Å². The lowest BCUT2D eigenvalue weighted by atomic mass is 9.84. The van der Waals surface area contributed by atoms with Gasteiger partial charge in [-0.25, -0.2) is 0 Å². The third-order valence-corrected chi connectivity index (χ3v) is 10.1. The van der Waals surface area contributed by atoms with E-state index in [4.69, 9.17) is 0 Å². The second-order valence-electron chi connectivity index (χ2n) is 13.0. The zero-order valence-electron chi connectivity index (χ0n) is 26.7. The third kappa shape index (κ3) is 4.38. The number of aryl methyl sites for hydroxylation is 1. The van der Waals surface area contributed by atoms with Crippen molar-refractivity contribution >= 4 is 32.9 Å². The molecular weight excluding hydrogens is 567 g/mol. The number of hydrogen-bond donors (Lipinski definition) is 0. The van der Waals surface area contributed by atoms with Crippen LogP contribution in [0.1, 0.15) is 30.4 Å². The first kappa shape index (κ1) is 27.6. The van der Waals surface area contributed by atoms with E-state index in [1.807, 2.05) is 0 Å². The molecule has 0 fully saturated rings. The molecule has 0 saturated carbocycles. The van der Waals surface area contributed by atoms with Gasteiger partial charge in [0.05, 0.1) is 5.69 Å². The van der Waals surface area contributed by atoms with Crippen molar-refractivity contribution in [3.63, 3.8) is 0 Å². The average Bonchev–Trinajstić information content (AvgIpc) is 3.43. The number of benzene rings is 7. The maximum atomic E-state index is 2.59. The minimum absolute atomic E-state index is 0.334. The van der Waals surface area contributed by atoms with Crippen LogP contribution in [-0.4, -0.2) is 0 Å². The second kappa shape index (κ2) is 11.0. The van der Waals surface area contributed by atoms with Crippen molar-refractivity contribution in [2.24, 2.45) is 0 Å². The first-order valence-electron chi connectivity index (χ1n) is 16.6. The van der Waals surface area contributed by atoms with Crippen molar-refractivity contribution in [2.45, 2.75) is 26.2 Å². The topological polar surface area (TPSA) is 3.24 Å². The molecule has 0 aromatic heterocycles. The summed E-state index contributed by atoms with van der Waals surface area (Å²) in [5.74, 6) is 0.334. The molecule has 1 unspecified atom stereocenters. The first-order chi connectivity index (χ1) is 23.2. The van der Waals surface area contributed by atoms with E-state index in [2.05, 4.69) is 176 Å². The van der Waals surface area contributed by atoms with Crippen LogP contribution in [0.4, 0.5) is 11.4 Å². The maximum Gasteiger partial charge on any atom is 0.0616 e. The van der Waals surface area contributed by atoms with Gasteiger partial charge in [0.25, 0.3) is 0 Å². The maximum absolute atomic E-state index is 2.59. The highest BCUT2D eigenvalue weighted by Gasteiger charge is 2.38. The molecule has 1 aliphatic carbocycles. The summed E-state index contributed by atoms with van der Waals surface area (Å²) in [6.45, 7) is 4.48. The standard InChI is InChI=1S/C46H35N/c1-30-24-26-42-40(28-30)41-29-31(2)25-27-43(41)47(42)46-34(32-14-5-3-6-15-32)22-13-23-39(46)45-37-20-11-9-18-35(37)44(33-16-7-4-8-17-33)36-19-10-12-21-38(36)45/h3-28,41H,29H2,1-2H3. The van der Waals surface area contributed by atoms with Crippen molar-refractivity contribution in [1.82, 2.24) is 0 Å². The summed E-state index contributed by atoms with van der Waals surface area (Å²) in [6.07, 6.45) is 5.74. The number of anilines is 2. The SMILES string of the molecule is CC1=CC=C2C(C1)c1cc(C)ccc1N2c1c(-c2ccccc2)cccc1-c1c2ccccc2c(-c2ccccc2)c2ccccc12. The summed E-state index contributed by atoms with van der Waals surface area (Å²) in [5, 5.41) is 5.08. The van der Waals surface area contributed by atoms with Gasteiger partial charge in [0, 0.05) is 28.4 Å². The van der Waals surface area contributed by atoms with Gasteiger partial charge in [-0.1, -0.05) is 157 Å². The minimum Gasteiger partial charge on any atom is -0.312 e. The zero-order valence-corrected chi connectivity index (χ0v) is 26.7. The molecule has 1 heterocycles. The second-order valence-corrected chi connectivity index (χ2v) is 13.0. The summed E-state index contributed by atoms with van der Waals surface area (Å²) in [5.41, 5.74) is 15.6. The number of hydrogen-bond acceptors (Lipinski definition) is 1. The average molecular weight is 602 g/mol. The Kier molecular flexibility index (Phi) is 6.47. The Bertz CT molecular complexity index is 2340. The van der Waals surface area contributed by atoms with Crippen molar-refractivity contribution in [1.29, 1.82) is 0 Å². The predicted molar refractivity (Wildman–Crippen MR) is 200 cm³/mol. The van der Waals surface area contributed by atoms with E-state index in [1.54, 1.807) is 0 Å². The van der Waals surface area contributed by atoms with Gasteiger partial charge in [0.15, 0.2) is 0 Å². The molecule has 0 saturated heterocycles. The summed E-state index contributed by atoms with van der Waals surface area (Å²) in [4.78, 5) is 2.59. The van der Waals surface area contributed by atoms with Gasteiger partial charge < -0.3 is 4.90 Å². The molecule has 1 atom stereocenters. The smallest absolute Gasteiger partial charge is 0.0616 e. The molecule has 0 radical (unpaired) electrons. The molecule has 224 valence electrons. The summed E-state index contributed by atoms with van der Waals surface area (Å²) in [6, 6.07) is 53.7. The lowest BCUT2D eigenvalue weighted by molar-refractivity contribution is 0.783. The highest BCUT2D eigenvalue weighted by atomic mass is 15.2. The van der Waals surface area contributed by atoms with Crippen LogP contribution >= 0.6 is 0 Å². The van der Waals surface area contributed by atoms with Crippen LogP contribution in [-0.2, 0) is 0 Å². The number of para-hydroxylation sites is 1. The van der Waals surface area contributed by atoms with E-state index in [1.165, 1.54) is 88.7 Å². The van der Waals surface area contributed by atoms with Gasteiger partial charge in [-0.2, -0.15) is 0 Å². The Morgan fingerprint density at radius 1 is 0.511 bits per heavy atom. The van der Waals surface area contributed by atoms with Crippen LogP contribution in [0.15, 0.2) is 169 Å². The number of rotatable bonds is 4. The minimum atomic E-state index is 0.334. The van der Waals surface area contributed by atoms with E-state index < -0.39 is 0 Å². The molecule has 0 N–H and O–H groups in total. The Labute approximate surface area is 276 Å². The highest BCUT2D eigenvalue weighted by molar-refractivity contribution is 6.23. The fraction of sp³-hybridized carbons (Fsp3) is 0.0870. The molecule has 0 bridgehead atoms. The highest BCUT2D eigenvalue weighted by Crippen LogP contribution is 2.57. The number of fused-ring (bicyclic) bond motifs is 5. The molecule has 7 aromatic carbocycles. The van der Waals surface area contributed by atoms with Gasteiger partial charge >= 0.3 is 0 Å². The fourth-order valence-corrected chi connectivity index (χ4v) is 8.05. The van der Waals surface area contributed by atoms with Crippen molar-refractivity contribution in [3.05, 3.63) is 180 Å². The molecule has 47 heavy (non-hydrogen) atoms. The molecule has 0 amide bonds. The van der Waals surface area contributed by atoms with Gasteiger partial charge in [0.2, 0.25) is 0 Å². The normalized spacial score (nSPS) is 15.4. The zero-order chi connectivity index (χ0) is 31.5. The Morgan fingerprint density at radius 3 is 1.74 bits per heavy atom. The summed E-state index contributed by atoms with van der Waals surface area (Å²) in [7, 11) is 0. The molecule has 9 rings (SSSR count). The van der Waals surface area contributed by atoms with Crippen molar-refractivity contribution in [2.75, 3.05) is 4.90 Å². The quantitative estimate of drug-likeness (QED) is 0.181. The van der Waals surface area contributed by atoms with Gasteiger partial charge in [0.1, 0.15) is 0 Å². The molecule has 0 spiro atoms. The van der Waals surface area contributed by atoms with Gasteiger partial charge in [-0.15, -0.1) is 0 Å². The lowest BCUT2D eigenvalue weighted by Gasteiger charge is -2.31. The largest absolute Gasteiger partial charge is 0.312 e. The molecule has 1 heteroatoms. The molecule has 1 aliphatic heterocycles. The van der Waals surface area contributed by atoms with E-state index in [0.717, 1.165) is 6.42 Å². The Balaban J connectivity index is 1.43. The van der Waals surface area contributed by atoms with Crippen LogP contribution in [0.25, 0.3) is 54.9 Å².